The van der Waals surface area contributed by atoms with Gasteiger partial charge in [-0.2, -0.15) is 0 Å². The van der Waals surface area contributed by atoms with Gasteiger partial charge in [0, 0.05) is 5.92 Å². The van der Waals surface area contributed by atoms with Gasteiger partial charge in [-0.3, -0.25) is 4.79 Å². The topological polar surface area (TPSA) is 45.7 Å². The molecule has 1 aliphatic rings. The van der Waals surface area contributed by atoms with Gasteiger partial charge < -0.3 is 10.6 Å². The predicted octanol–water partition coefficient (Wildman–Crippen LogP) is 3.03. The predicted molar refractivity (Wildman–Crippen MR) is 101 cm³/mol. The molecule has 0 saturated heterocycles. The first kappa shape index (κ1) is 17.7. The molecule has 0 aromatic heterocycles. The van der Waals surface area contributed by atoms with E-state index in [4.69, 9.17) is 0 Å². The van der Waals surface area contributed by atoms with Crippen LogP contribution < -0.4 is 10.6 Å². The Hall–Kier alpha value is -2.13. The van der Waals surface area contributed by atoms with Crippen LogP contribution in [0.15, 0.2) is 60.7 Å². The summed E-state index contributed by atoms with van der Waals surface area (Å²) in [6.45, 7) is 2.82. The van der Waals surface area contributed by atoms with Crippen molar-refractivity contribution in [1.29, 1.82) is 0 Å². The van der Waals surface area contributed by atoms with Gasteiger partial charge in [-0.15, -0.1) is 0 Å². The first-order chi connectivity index (χ1) is 12.2. The van der Waals surface area contributed by atoms with Gasteiger partial charge in [0.25, 0.3) is 5.91 Å². The van der Waals surface area contributed by atoms with E-state index in [1.165, 1.54) is 25.7 Å². The van der Waals surface area contributed by atoms with Crippen LogP contribution in [0, 0.1) is 5.92 Å². The van der Waals surface area contributed by atoms with Crippen molar-refractivity contribution in [2.24, 2.45) is 5.92 Å². The van der Waals surface area contributed by atoms with Crippen molar-refractivity contribution in [3.63, 3.8) is 0 Å². The van der Waals surface area contributed by atoms with Gasteiger partial charge in [0.1, 0.15) is 0 Å². The molecule has 2 aromatic carbocycles. The molecule has 3 N–H and O–H groups in total. The Balaban J connectivity index is 1.65. The SMILES string of the molecule is C[C@H]1CCCC[C@@H]1[NH2+]CC(=O)NC(c1ccccc1)c1ccccc1. The fraction of sp³-hybridized carbons (Fsp3) is 0.409. The van der Waals surface area contributed by atoms with Crippen LogP contribution >= 0.6 is 0 Å². The van der Waals surface area contributed by atoms with Gasteiger partial charge in [-0.05, 0) is 30.4 Å². The first-order valence-corrected chi connectivity index (χ1v) is 9.46. The highest BCUT2D eigenvalue weighted by atomic mass is 16.2. The smallest absolute Gasteiger partial charge is 0.275 e. The second kappa shape index (κ2) is 8.82. The van der Waals surface area contributed by atoms with E-state index in [1.807, 2.05) is 36.4 Å². The average molecular weight is 337 g/mol. The van der Waals surface area contributed by atoms with Crippen molar-refractivity contribution in [2.45, 2.75) is 44.7 Å². The number of carbonyl (C=O) groups excluding carboxylic acids is 1. The van der Waals surface area contributed by atoms with E-state index < -0.39 is 0 Å². The number of quaternary nitrogens is 1. The molecule has 1 aliphatic carbocycles. The van der Waals surface area contributed by atoms with Gasteiger partial charge in [-0.1, -0.05) is 74.0 Å². The second-order valence-electron chi connectivity index (χ2n) is 7.19. The maximum atomic E-state index is 12.6. The van der Waals surface area contributed by atoms with Crippen LogP contribution in [0.4, 0.5) is 0 Å². The Morgan fingerprint density at radius 2 is 1.56 bits per heavy atom. The molecule has 132 valence electrons. The maximum Gasteiger partial charge on any atom is 0.275 e. The highest BCUT2D eigenvalue weighted by Crippen LogP contribution is 2.22. The quantitative estimate of drug-likeness (QED) is 0.836. The van der Waals surface area contributed by atoms with Crippen molar-refractivity contribution in [3.05, 3.63) is 71.8 Å². The molecule has 0 bridgehead atoms. The molecule has 0 unspecified atom stereocenters. The van der Waals surface area contributed by atoms with Crippen LogP contribution in [0.1, 0.15) is 49.8 Å². The van der Waals surface area contributed by atoms with E-state index in [0.29, 0.717) is 18.5 Å². The monoisotopic (exact) mass is 337 g/mol. The number of rotatable bonds is 6. The van der Waals surface area contributed by atoms with Crippen LogP contribution in [-0.4, -0.2) is 18.5 Å². The summed E-state index contributed by atoms with van der Waals surface area (Å²) in [5.74, 6) is 0.816. The lowest BCUT2D eigenvalue weighted by Crippen LogP contribution is -2.93. The number of nitrogens with two attached hydrogens (primary N) is 1. The Labute approximate surface area is 150 Å². The molecule has 3 rings (SSSR count). The fourth-order valence-electron chi connectivity index (χ4n) is 3.82. The standard InChI is InChI=1S/C22H28N2O/c1-17-10-8-9-15-20(17)23-16-21(25)24-22(18-11-4-2-5-12-18)19-13-6-3-7-14-19/h2-7,11-14,17,20,22-23H,8-10,15-16H2,1H3,(H,24,25)/p+1/t17-,20-/m0/s1. The molecule has 3 nitrogen and oxygen atoms in total. The zero-order valence-corrected chi connectivity index (χ0v) is 15.0. The lowest BCUT2D eigenvalue weighted by atomic mass is 9.86. The van der Waals surface area contributed by atoms with Crippen LogP contribution in [0.3, 0.4) is 0 Å². The summed E-state index contributed by atoms with van der Waals surface area (Å²) in [6, 6.07) is 20.9. The number of hydrogen-bond donors (Lipinski definition) is 2. The third-order valence-electron chi connectivity index (χ3n) is 5.35. The summed E-state index contributed by atoms with van der Waals surface area (Å²) in [5, 5.41) is 5.48. The number of amides is 1. The molecule has 3 heteroatoms. The Kier molecular flexibility index (Phi) is 6.24. The van der Waals surface area contributed by atoms with E-state index in [-0.39, 0.29) is 11.9 Å². The second-order valence-corrected chi connectivity index (χ2v) is 7.19. The Bertz CT molecular complexity index is 617. The minimum Gasteiger partial charge on any atom is -0.340 e. The molecule has 2 atom stereocenters. The van der Waals surface area contributed by atoms with Crippen molar-refractivity contribution >= 4 is 5.91 Å². The van der Waals surface area contributed by atoms with Crippen LogP contribution in [0.5, 0.6) is 0 Å². The summed E-state index contributed by atoms with van der Waals surface area (Å²) < 4.78 is 0. The zero-order chi connectivity index (χ0) is 17.5. The molecule has 0 aliphatic heterocycles. The number of hydrogen-bond acceptors (Lipinski definition) is 1. The fourth-order valence-corrected chi connectivity index (χ4v) is 3.82. The van der Waals surface area contributed by atoms with Crippen molar-refractivity contribution in [3.8, 4) is 0 Å². The lowest BCUT2D eigenvalue weighted by Gasteiger charge is -2.27. The van der Waals surface area contributed by atoms with Gasteiger partial charge in [0.05, 0.1) is 12.1 Å². The molecule has 1 amide bonds. The molecule has 0 spiro atoms. The van der Waals surface area contributed by atoms with Gasteiger partial charge in [-0.25, -0.2) is 0 Å². The molecule has 2 aromatic rings. The molecular weight excluding hydrogens is 308 g/mol. The Morgan fingerprint density at radius 1 is 1.00 bits per heavy atom. The van der Waals surface area contributed by atoms with Gasteiger partial charge in [0.2, 0.25) is 0 Å². The molecule has 1 fully saturated rings. The Morgan fingerprint density at radius 3 is 2.12 bits per heavy atom. The van der Waals surface area contributed by atoms with Crippen molar-refractivity contribution < 1.29 is 10.1 Å². The van der Waals surface area contributed by atoms with E-state index in [0.717, 1.165) is 11.1 Å². The highest BCUT2D eigenvalue weighted by Gasteiger charge is 2.25. The maximum absolute atomic E-state index is 12.6. The number of benzene rings is 2. The number of carbonyl (C=O) groups is 1. The normalized spacial score (nSPS) is 20.4. The summed E-state index contributed by atoms with van der Waals surface area (Å²) >= 11 is 0. The van der Waals surface area contributed by atoms with E-state index in [1.54, 1.807) is 0 Å². The molecule has 1 saturated carbocycles. The van der Waals surface area contributed by atoms with E-state index in [9.17, 15) is 4.79 Å². The lowest BCUT2D eigenvalue weighted by molar-refractivity contribution is -0.687. The van der Waals surface area contributed by atoms with E-state index >= 15 is 0 Å². The van der Waals surface area contributed by atoms with E-state index in [2.05, 4.69) is 41.8 Å². The highest BCUT2D eigenvalue weighted by molar-refractivity contribution is 5.77. The molecular formula is C22H29N2O+. The van der Waals surface area contributed by atoms with Crippen molar-refractivity contribution in [1.82, 2.24) is 5.32 Å². The largest absolute Gasteiger partial charge is 0.340 e. The summed E-state index contributed by atoms with van der Waals surface area (Å²) in [7, 11) is 0. The third kappa shape index (κ3) is 4.93. The summed E-state index contributed by atoms with van der Waals surface area (Å²) in [4.78, 5) is 12.6. The summed E-state index contributed by atoms with van der Waals surface area (Å²) in [5.41, 5.74) is 2.24. The van der Waals surface area contributed by atoms with Crippen LogP contribution in [0.25, 0.3) is 0 Å². The summed E-state index contributed by atoms with van der Waals surface area (Å²) in [6.07, 6.45) is 5.15. The first-order valence-electron chi connectivity index (χ1n) is 9.46. The number of nitrogens with one attached hydrogen (secondary N) is 1. The van der Waals surface area contributed by atoms with Crippen LogP contribution in [-0.2, 0) is 4.79 Å². The van der Waals surface area contributed by atoms with Crippen molar-refractivity contribution in [2.75, 3.05) is 6.54 Å². The minimum atomic E-state index is -0.0907. The molecule has 0 heterocycles. The van der Waals surface area contributed by atoms with Gasteiger partial charge >= 0.3 is 0 Å². The molecule has 0 radical (unpaired) electrons. The van der Waals surface area contributed by atoms with Crippen LogP contribution in [0.2, 0.25) is 0 Å². The molecule has 25 heavy (non-hydrogen) atoms. The third-order valence-corrected chi connectivity index (χ3v) is 5.35. The van der Waals surface area contributed by atoms with Gasteiger partial charge in [0.15, 0.2) is 6.54 Å². The zero-order valence-electron chi connectivity index (χ0n) is 15.0. The minimum absolute atomic E-state index is 0.0907. The average Bonchev–Trinajstić information content (AvgIpc) is 2.67.